The highest BCUT2D eigenvalue weighted by atomic mass is 127. The molecule has 0 unspecified atom stereocenters. The SMILES string of the molecule is C=C(F)/C=C(\F)I. The highest BCUT2D eigenvalue weighted by Gasteiger charge is 1.84. The fourth-order valence-corrected chi connectivity index (χ4v) is 0.456. The Kier molecular flexibility index (Phi) is 3.15. The monoisotopic (exact) mass is 216 g/mol. The fraction of sp³-hybridized carbons (Fsp3) is 0. The van der Waals surface area contributed by atoms with Crippen LogP contribution in [0.5, 0.6) is 0 Å². The van der Waals surface area contributed by atoms with Crippen LogP contribution in [0.3, 0.4) is 0 Å². The van der Waals surface area contributed by atoms with Crippen LogP contribution in [-0.4, -0.2) is 0 Å². The van der Waals surface area contributed by atoms with Crippen LogP contribution < -0.4 is 0 Å². The van der Waals surface area contributed by atoms with E-state index in [0.717, 1.165) is 0 Å². The summed E-state index contributed by atoms with van der Waals surface area (Å²) in [6, 6.07) is 0. The van der Waals surface area contributed by atoms with Crippen molar-refractivity contribution in [2.75, 3.05) is 0 Å². The maximum Gasteiger partial charge on any atom is 0.163 e. The standard InChI is InChI=1S/C4H3F2I/c1-3(5)2-4(6)7/h2H,1H2/b4-2+. The molecule has 7 heavy (non-hydrogen) atoms. The molecule has 0 amide bonds. The van der Waals surface area contributed by atoms with E-state index in [4.69, 9.17) is 0 Å². The largest absolute Gasteiger partial charge is 0.208 e. The summed E-state index contributed by atoms with van der Waals surface area (Å²) in [7, 11) is 0. The molecule has 0 fully saturated rings. The lowest BCUT2D eigenvalue weighted by molar-refractivity contribution is 0.653. The Balaban J connectivity index is 3.68. The normalized spacial score (nSPS) is 11.6. The average Bonchev–Trinajstić information content (AvgIpc) is 1.27. The van der Waals surface area contributed by atoms with Gasteiger partial charge in [-0.2, -0.15) is 4.39 Å². The van der Waals surface area contributed by atoms with Crippen molar-refractivity contribution in [3.05, 3.63) is 22.3 Å². The van der Waals surface area contributed by atoms with Crippen molar-refractivity contribution in [1.82, 2.24) is 0 Å². The fourth-order valence-electron chi connectivity index (χ4n) is 0.118. The van der Waals surface area contributed by atoms with Crippen molar-refractivity contribution in [3.8, 4) is 0 Å². The third kappa shape index (κ3) is 6.07. The lowest BCUT2D eigenvalue weighted by atomic mass is 10.6. The van der Waals surface area contributed by atoms with E-state index in [2.05, 4.69) is 6.58 Å². The van der Waals surface area contributed by atoms with Gasteiger partial charge in [0.1, 0.15) is 5.83 Å². The van der Waals surface area contributed by atoms with Crippen LogP contribution >= 0.6 is 22.6 Å². The molecule has 0 aliphatic heterocycles. The molecule has 0 aromatic rings. The van der Waals surface area contributed by atoms with Crippen molar-refractivity contribution in [2.24, 2.45) is 0 Å². The predicted molar refractivity (Wildman–Crippen MR) is 33.5 cm³/mol. The third-order valence-electron chi connectivity index (χ3n) is 0.266. The Hall–Kier alpha value is 0.0700. The minimum Gasteiger partial charge on any atom is -0.208 e. The van der Waals surface area contributed by atoms with Gasteiger partial charge in [-0.3, -0.25) is 0 Å². The van der Waals surface area contributed by atoms with E-state index in [-0.39, 0.29) is 0 Å². The first-order valence-electron chi connectivity index (χ1n) is 1.50. The Morgan fingerprint density at radius 3 is 2.00 bits per heavy atom. The summed E-state index contributed by atoms with van der Waals surface area (Å²) in [5.74, 6) is -0.757. The summed E-state index contributed by atoms with van der Waals surface area (Å²) in [5.41, 5.74) is 0. The average molecular weight is 216 g/mol. The first kappa shape index (κ1) is 7.07. The highest BCUT2D eigenvalue weighted by molar-refractivity contribution is 14.1. The van der Waals surface area contributed by atoms with E-state index in [0.29, 0.717) is 6.08 Å². The molecule has 0 nitrogen and oxygen atoms in total. The summed E-state index contributed by atoms with van der Waals surface area (Å²) in [6.07, 6.45) is 0.709. The van der Waals surface area contributed by atoms with Crippen molar-refractivity contribution in [3.63, 3.8) is 0 Å². The molecule has 0 N–H and O–H groups in total. The molecule has 3 heteroatoms. The van der Waals surface area contributed by atoms with Gasteiger partial charge in [0, 0.05) is 6.08 Å². The van der Waals surface area contributed by atoms with Gasteiger partial charge in [0.2, 0.25) is 0 Å². The molecule has 0 aromatic carbocycles. The Morgan fingerprint density at radius 1 is 1.57 bits per heavy atom. The Labute approximate surface area is 54.0 Å². The van der Waals surface area contributed by atoms with Crippen LogP contribution in [0.15, 0.2) is 22.3 Å². The molecule has 0 rings (SSSR count). The molecular formula is C4H3F2I. The lowest BCUT2D eigenvalue weighted by Crippen LogP contribution is -1.56. The van der Waals surface area contributed by atoms with Crippen LogP contribution in [0.4, 0.5) is 8.78 Å². The molecule has 0 radical (unpaired) electrons. The molecule has 40 valence electrons. The lowest BCUT2D eigenvalue weighted by Gasteiger charge is -1.76. The van der Waals surface area contributed by atoms with Crippen LogP contribution in [0.1, 0.15) is 0 Å². The summed E-state index contributed by atoms with van der Waals surface area (Å²) < 4.78 is 22.3. The minimum absolute atomic E-state index is 0.592. The third-order valence-corrected chi connectivity index (χ3v) is 0.577. The van der Waals surface area contributed by atoms with E-state index in [1.807, 2.05) is 0 Å². The smallest absolute Gasteiger partial charge is 0.163 e. The molecule has 0 aliphatic rings. The molecule has 0 saturated heterocycles. The van der Waals surface area contributed by atoms with Gasteiger partial charge >= 0.3 is 0 Å². The summed E-state index contributed by atoms with van der Waals surface area (Å²) in [4.78, 5) is 0. The predicted octanol–water partition coefficient (Wildman–Crippen LogP) is 2.72. The topological polar surface area (TPSA) is 0 Å². The van der Waals surface area contributed by atoms with Crippen LogP contribution in [0, 0.1) is 0 Å². The van der Waals surface area contributed by atoms with Gasteiger partial charge < -0.3 is 0 Å². The van der Waals surface area contributed by atoms with Crippen LogP contribution in [0.2, 0.25) is 0 Å². The van der Waals surface area contributed by atoms with Crippen molar-refractivity contribution < 1.29 is 8.78 Å². The number of allylic oxidation sites excluding steroid dienone is 2. The van der Waals surface area contributed by atoms with Crippen molar-refractivity contribution >= 4 is 22.6 Å². The zero-order valence-electron chi connectivity index (χ0n) is 3.42. The molecule has 0 saturated carbocycles. The first-order chi connectivity index (χ1) is 3.13. The summed E-state index contributed by atoms with van der Waals surface area (Å²) in [6.45, 7) is 2.81. The van der Waals surface area contributed by atoms with Gasteiger partial charge in [-0.1, -0.05) is 6.58 Å². The molecule has 0 spiro atoms. The van der Waals surface area contributed by atoms with Gasteiger partial charge in [0.25, 0.3) is 0 Å². The quantitative estimate of drug-likeness (QED) is 0.466. The summed E-state index contributed by atoms with van der Waals surface area (Å²) >= 11 is 1.35. The van der Waals surface area contributed by atoms with E-state index < -0.39 is 9.66 Å². The number of halogens is 3. The second-order valence-corrected chi connectivity index (χ2v) is 1.91. The molecule has 0 atom stereocenters. The van der Waals surface area contributed by atoms with Gasteiger partial charge in [-0.15, -0.1) is 0 Å². The van der Waals surface area contributed by atoms with E-state index in [1.165, 1.54) is 22.6 Å². The molecule has 0 aliphatic carbocycles. The molecule has 0 aromatic heterocycles. The number of hydrogen-bond donors (Lipinski definition) is 0. The van der Waals surface area contributed by atoms with Crippen molar-refractivity contribution in [2.45, 2.75) is 0 Å². The maximum atomic E-state index is 11.5. The number of rotatable bonds is 1. The van der Waals surface area contributed by atoms with Crippen molar-refractivity contribution in [1.29, 1.82) is 0 Å². The summed E-state index contributed by atoms with van der Waals surface area (Å²) in [5, 5.41) is 0. The van der Waals surface area contributed by atoms with Crippen LogP contribution in [-0.2, 0) is 0 Å². The Bertz CT molecular complexity index is 102. The van der Waals surface area contributed by atoms with Gasteiger partial charge in [-0.05, 0) is 22.6 Å². The number of hydrogen-bond acceptors (Lipinski definition) is 0. The highest BCUT2D eigenvalue weighted by Crippen LogP contribution is 2.09. The first-order valence-corrected chi connectivity index (χ1v) is 2.58. The zero-order valence-corrected chi connectivity index (χ0v) is 5.58. The zero-order chi connectivity index (χ0) is 5.86. The van der Waals surface area contributed by atoms with Crippen LogP contribution in [0.25, 0.3) is 0 Å². The Morgan fingerprint density at radius 2 is 2.00 bits per heavy atom. The second kappa shape index (κ2) is 3.12. The minimum atomic E-state index is -0.757. The van der Waals surface area contributed by atoms with Gasteiger partial charge in [0.15, 0.2) is 3.83 Å². The maximum absolute atomic E-state index is 11.5. The van der Waals surface area contributed by atoms with E-state index >= 15 is 0 Å². The second-order valence-electron chi connectivity index (χ2n) is 0.881. The molecular weight excluding hydrogens is 213 g/mol. The van der Waals surface area contributed by atoms with Gasteiger partial charge in [-0.25, -0.2) is 4.39 Å². The molecule has 0 heterocycles. The van der Waals surface area contributed by atoms with E-state index in [9.17, 15) is 8.78 Å². The van der Waals surface area contributed by atoms with E-state index in [1.54, 1.807) is 0 Å². The molecule has 0 bridgehead atoms. The van der Waals surface area contributed by atoms with Gasteiger partial charge in [0.05, 0.1) is 0 Å².